The number of ether oxygens (including phenoxy) is 3. The molecule has 0 atom stereocenters. The van der Waals surface area contributed by atoms with Crippen molar-refractivity contribution < 1.29 is 28.2 Å². The molecule has 1 aliphatic carbocycles. The molecule has 3 aromatic carbocycles. The fraction of sp³-hybridized carbons (Fsp3) is 0.233. The molecule has 4 aromatic rings. The van der Waals surface area contributed by atoms with Crippen LogP contribution in [0.1, 0.15) is 26.7 Å². The van der Waals surface area contributed by atoms with E-state index in [0.29, 0.717) is 52.7 Å². The highest BCUT2D eigenvalue weighted by molar-refractivity contribution is 6.16. The number of amides is 2. The summed E-state index contributed by atoms with van der Waals surface area (Å²) in [5, 5.41) is 6.28. The van der Waals surface area contributed by atoms with Gasteiger partial charge >= 0.3 is 0 Å². The zero-order valence-corrected chi connectivity index (χ0v) is 21.8. The van der Waals surface area contributed by atoms with Crippen molar-refractivity contribution in [3.63, 3.8) is 0 Å². The highest BCUT2D eigenvalue weighted by Crippen LogP contribution is 2.47. The number of rotatable bonds is 9. The van der Waals surface area contributed by atoms with Gasteiger partial charge in [-0.15, -0.1) is 0 Å². The number of hydrogen-bond donors (Lipinski definition) is 2. The van der Waals surface area contributed by atoms with Gasteiger partial charge in [0.2, 0.25) is 11.8 Å². The number of hydrogen-bond acceptors (Lipinski definition) is 6. The van der Waals surface area contributed by atoms with Crippen LogP contribution < -0.4 is 24.8 Å². The molecule has 1 aliphatic rings. The Morgan fingerprint density at radius 1 is 0.872 bits per heavy atom. The summed E-state index contributed by atoms with van der Waals surface area (Å²) in [7, 11) is 1.58. The number of anilines is 2. The van der Waals surface area contributed by atoms with Gasteiger partial charge in [0, 0.05) is 29.0 Å². The summed E-state index contributed by atoms with van der Waals surface area (Å²) in [6.07, 6.45) is 2.52. The number of methoxy groups -OCH3 is 1. The highest BCUT2D eigenvalue weighted by atomic mass is 19.1. The fourth-order valence-electron chi connectivity index (χ4n) is 4.17. The molecule has 5 rings (SSSR count). The molecule has 0 aliphatic heterocycles. The van der Waals surface area contributed by atoms with Gasteiger partial charge in [0.05, 0.1) is 18.7 Å². The van der Waals surface area contributed by atoms with E-state index in [1.165, 1.54) is 24.3 Å². The maximum atomic E-state index is 13.1. The Labute approximate surface area is 225 Å². The van der Waals surface area contributed by atoms with Gasteiger partial charge in [0.15, 0.2) is 11.5 Å². The minimum Gasteiger partial charge on any atom is -0.493 e. The van der Waals surface area contributed by atoms with E-state index in [0.717, 1.165) is 5.39 Å². The molecule has 200 valence electrons. The number of nitrogens with one attached hydrogen (secondary N) is 2. The van der Waals surface area contributed by atoms with Gasteiger partial charge < -0.3 is 24.8 Å². The Kier molecular flexibility index (Phi) is 7.06. The first-order chi connectivity index (χ1) is 18.8. The third-order valence-electron chi connectivity index (χ3n) is 6.41. The lowest BCUT2D eigenvalue weighted by Crippen LogP contribution is -2.35. The predicted molar refractivity (Wildman–Crippen MR) is 146 cm³/mol. The minimum atomic E-state index is -1.14. The maximum Gasteiger partial charge on any atom is 0.240 e. The number of aromatic nitrogens is 1. The van der Waals surface area contributed by atoms with E-state index in [1.807, 2.05) is 26.0 Å². The van der Waals surface area contributed by atoms with Gasteiger partial charge in [-0.05, 0) is 87.4 Å². The molecule has 39 heavy (non-hydrogen) atoms. The Morgan fingerprint density at radius 2 is 1.49 bits per heavy atom. The van der Waals surface area contributed by atoms with Crippen molar-refractivity contribution in [1.29, 1.82) is 0 Å². The lowest BCUT2D eigenvalue weighted by molar-refractivity contribution is -0.131. The largest absolute Gasteiger partial charge is 0.493 e. The van der Waals surface area contributed by atoms with E-state index in [4.69, 9.17) is 14.2 Å². The van der Waals surface area contributed by atoms with Crippen molar-refractivity contribution in [2.24, 2.45) is 5.41 Å². The van der Waals surface area contributed by atoms with E-state index < -0.39 is 17.1 Å². The van der Waals surface area contributed by atoms with Crippen molar-refractivity contribution in [2.75, 3.05) is 17.7 Å². The first-order valence-corrected chi connectivity index (χ1v) is 12.6. The average Bonchev–Trinajstić information content (AvgIpc) is 3.73. The normalized spacial score (nSPS) is 13.6. The molecule has 0 radical (unpaired) electrons. The Morgan fingerprint density at radius 3 is 2.05 bits per heavy atom. The summed E-state index contributed by atoms with van der Waals surface area (Å²) < 4.78 is 30.6. The molecule has 0 unspecified atom stereocenters. The van der Waals surface area contributed by atoms with Crippen LogP contribution in [-0.4, -0.2) is 30.0 Å². The summed E-state index contributed by atoms with van der Waals surface area (Å²) in [5.41, 5.74) is 0.523. The Bertz CT molecular complexity index is 1520. The molecule has 1 fully saturated rings. The van der Waals surface area contributed by atoms with Crippen molar-refractivity contribution in [1.82, 2.24) is 4.98 Å². The molecular weight excluding hydrogens is 501 g/mol. The van der Waals surface area contributed by atoms with Crippen LogP contribution in [0.5, 0.6) is 23.0 Å². The fourth-order valence-corrected chi connectivity index (χ4v) is 4.17. The molecule has 2 N–H and O–H groups in total. The van der Waals surface area contributed by atoms with Gasteiger partial charge in [-0.2, -0.15) is 0 Å². The predicted octanol–water partition coefficient (Wildman–Crippen LogP) is 6.32. The van der Waals surface area contributed by atoms with Gasteiger partial charge in [-0.1, -0.05) is 0 Å². The van der Waals surface area contributed by atoms with Crippen LogP contribution in [0.4, 0.5) is 15.8 Å². The second-order valence-electron chi connectivity index (χ2n) is 9.62. The van der Waals surface area contributed by atoms with Crippen LogP contribution in [0.3, 0.4) is 0 Å². The number of pyridine rings is 1. The van der Waals surface area contributed by atoms with Gasteiger partial charge in [-0.3, -0.25) is 14.6 Å². The van der Waals surface area contributed by atoms with Crippen LogP contribution >= 0.6 is 0 Å². The lowest BCUT2D eigenvalue weighted by Gasteiger charge is -2.16. The third-order valence-corrected chi connectivity index (χ3v) is 6.41. The van der Waals surface area contributed by atoms with Crippen molar-refractivity contribution in [2.45, 2.75) is 32.8 Å². The molecule has 1 aromatic heterocycles. The maximum absolute atomic E-state index is 13.1. The summed E-state index contributed by atoms with van der Waals surface area (Å²) in [4.78, 5) is 30.2. The first-order valence-electron chi connectivity index (χ1n) is 12.6. The molecule has 9 heteroatoms. The lowest BCUT2D eigenvalue weighted by atomic mass is 10.0. The second kappa shape index (κ2) is 10.6. The van der Waals surface area contributed by atoms with Crippen LogP contribution in [-0.2, 0) is 9.59 Å². The molecule has 1 heterocycles. The number of carbonyl (C=O) groups is 2. The monoisotopic (exact) mass is 529 g/mol. The Hall–Kier alpha value is -4.66. The molecule has 0 bridgehead atoms. The molecule has 0 saturated heterocycles. The number of benzene rings is 3. The van der Waals surface area contributed by atoms with E-state index in [2.05, 4.69) is 15.6 Å². The zero-order valence-electron chi connectivity index (χ0n) is 21.8. The number of nitrogens with zero attached hydrogens (tertiary/aromatic N) is 1. The average molecular weight is 530 g/mol. The highest BCUT2D eigenvalue weighted by Gasteiger charge is 2.56. The summed E-state index contributed by atoms with van der Waals surface area (Å²) in [5.74, 6) is 1.12. The van der Waals surface area contributed by atoms with E-state index >= 15 is 0 Å². The Balaban J connectivity index is 1.27. The van der Waals surface area contributed by atoms with E-state index in [1.54, 1.807) is 43.6 Å². The molecular formula is C30H28FN3O5. The van der Waals surface area contributed by atoms with Gasteiger partial charge in [-0.25, -0.2) is 4.39 Å². The standard InChI is InChI=1S/C30H28FN3O5/c1-18(2)38-27-17-24-23(16-26(27)37-3)25(12-15-32-24)39-22-10-8-21(9-11-22)34-29(36)30(13-14-30)28(35)33-20-6-4-19(31)5-7-20/h4-12,15-18H,13-14H2,1-3H3,(H,33,35)(H,34,36). The number of halogens is 1. The van der Waals surface area contributed by atoms with E-state index in [-0.39, 0.29) is 12.0 Å². The topological polar surface area (TPSA) is 98.8 Å². The molecule has 2 amide bonds. The summed E-state index contributed by atoms with van der Waals surface area (Å²) in [6.45, 7) is 3.88. The number of carbonyl (C=O) groups excluding carboxylic acids is 2. The zero-order chi connectivity index (χ0) is 27.6. The molecule has 8 nitrogen and oxygen atoms in total. The van der Waals surface area contributed by atoms with Crippen LogP contribution in [0, 0.1) is 11.2 Å². The second-order valence-corrected chi connectivity index (χ2v) is 9.62. The first kappa shape index (κ1) is 26.0. The molecule has 0 spiro atoms. The summed E-state index contributed by atoms with van der Waals surface area (Å²) in [6, 6.07) is 17.7. The van der Waals surface area contributed by atoms with E-state index in [9.17, 15) is 14.0 Å². The van der Waals surface area contributed by atoms with Gasteiger partial charge in [0.25, 0.3) is 0 Å². The van der Waals surface area contributed by atoms with Crippen molar-refractivity contribution >= 4 is 34.1 Å². The SMILES string of the molecule is COc1cc2c(Oc3ccc(NC(=O)C4(C(=O)Nc5ccc(F)cc5)CC4)cc3)ccnc2cc1OC(C)C. The van der Waals surface area contributed by atoms with Crippen molar-refractivity contribution in [3.05, 3.63) is 78.7 Å². The quantitative estimate of drug-likeness (QED) is 0.246. The van der Waals surface area contributed by atoms with Crippen LogP contribution in [0.2, 0.25) is 0 Å². The minimum absolute atomic E-state index is 0.0197. The van der Waals surface area contributed by atoms with Crippen LogP contribution in [0.25, 0.3) is 10.9 Å². The number of fused-ring (bicyclic) bond motifs is 1. The third kappa shape index (κ3) is 5.62. The van der Waals surface area contributed by atoms with Gasteiger partial charge in [0.1, 0.15) is 22.7 Å². The van der Waals surface area contributed by atoms with Crippen LogP contribution in [0.15, 0.2) is 72.9 Å². The van der Waals surface area contributed by atoms with Crippen molar-refractivity contribution in [3.8, 4) is 23.0 Å². The summed E-state index contributed by atoms with van der Waals surface area (Å²) >= 11 is 0. The smallest absolute Gasteiger partial charge is 0.240 e. The molecule has 1 saturated carbocycles.